The maximum absolute atomic E-state index is 4.68. The minimum Gasteiger partial charge on any atom is -0.357 e. The lowest BCUT2D eigenvalue weighted by atomic mass is 9.79. The summed E-state index contributed by atoms with van der Waals surface area (Å²) in [4.78, 5) is 4.68. The molecule has 27 heavy (non-hydrogen) atoms. The summed E-state index contributed by atoms with van der Waals surface area (Å²) in [5.74, 6) is 1.68. The van der Waals surface area contributed by atoms with E-state index in [1.807, 2.05) is 11.6 Å². The van der Waals surface area contributed by atoms with E-state index in [0.717, 1.165) is 29.3 Å². The molecule has 0 atom stereocenters. The van der Waals surface area contributed by atoms with E-state index < -0.39 is 0 Å². The molecule has 1 aromatic heterocycles. The molecule has 2 N–H and O–H groups in total. The molecule has 3 rings (SSSR count). The van der Waals surface area contributed by atoms with E-state index in [1.165, 1.54) is 31.2 Å². The molecule has 6 nitrogen and oxygen atoms in total. The van der Waals surface area contributed by atoms with Gasteiger partial charge in [0, 0.05) is 30.0 Å². The fourth-order valence-corrected chi connectivity index (χ4v) is 3.88. The van der Waals surface area contributed by atoms with Crippen LogP contribution in [-0.2, 0) is 19.0 Å². The van der Waals surface area contributed by atoms with Crippen LogP contribution in [0.15, 0.2) is 40.1 Å². The number of nitrogens with one attached hydrogen (secondary N) is 2. The second kappa shape index (κ2) is 10.4. The highest BCUT2D eigenvalue weighted by molar-refractivity contribution is 14.0. The molecule has 148 valence electrons. The predicted molar refractivity (Wildman–Crippen MR) is 124 cm³/mol. The molecule has 2 aromatic rings. The minimum absolute atomic E-state index is 0. The van der Waals surface area contributed by atoms with Crippen molar-refractivity contribution in [3.63, 3.8) is 0 Å². The Labute approximate surface area is 186 Å². The predicted octanol–water partition coefficient (Wildman–Crippen LogP) is 3.76. The van der Waals surface area contributed by atoms with Crippen molar-refractivity contribution in [3.8, 4) is 0 Å². The van der Waals surface area contributed by atoms with Crippen molar-refractivity contribution in [2.24, 2.45) is 12.0 Å². The van der Waals surface area contributed by atoms with Gasteiger partial charge in [0.25, 0.3) is 0 Å². The molecule has 1 aliphatic carbocycles. The van der Waals surface area contributed by atoms with Gasteiger partial charge in [0.05, 0.1) is 0 Å². The van der Waals surface area contributed by atoms with Gasteiger partial charge in [-0.25, -0.2) is 4.99 Å². The first kappa shape index (κ1) is 22.1. The van der Waals surface area contributed by atoms with Gasteiger partial charge in [0.1, 0.15) is 12.9 Å². The highest BCUT2D eigenvalue weighted by atomic mass is 127. The van der Waals surface area contributed by atoms with Crippen LogP contribution >= 0.6 is 39.9 Å². The Morgan fingerprint density at radius 3 is 2.52 bits per heavy atom. The van der Waals surface area contributed by atoms with Gasteiger partial charge in [-0.2, -0.15) is 0 Å². The van der Waals surface area contributed by atoms with Crippen molar-refractivity contribution in [3.05, 3.63) is 46.5 Å². The smallest absolute Gasteiger partial charge is 0.191 e. The summed E-state index contributed by atoms with van der Waals surface area (Å²) in [5.41, 5.74) is 1.59. The van der Waals surface area contributed by atoms with Crippen LogP contribution in [0.4, 0.5) is 0 Å². The summed E-state index contributed by atoms with van der Waals surface area (Å²) < 4.78 is 3.02. The number of benzene rings is 1. The Hall–Kier alpha value is -1.16. The normalized spacial score (nSPS) is 16.0. The molecule has 0 unspecified atom stereocenters. The summed E-state index contributed by atoms with van der Waals surface area (Å²) in [6.45, 7) is 4.31. The molecule has 1 aromatic carbocycles. The highest BCUT2D eigenvalue weighted by Gasteiger charge is 2.35. The molecule has 1 saturated carbocycles. The minimum atomic E-state index is 0. The first-order valence-electron chi connectivity index (χ1n) is 9.24. The van der Waals surface area contributed by atoms with Gasteiger partial charge in [-0.3, -0.25) is 0 Å². The third-order valence-electron chi connectivity index (χ3n) is 5.14. The topological polar surface area (TPSA) is 67.1 Å². The van der Waals surface area contributed by atoms with Crippen molar-refractivity contribution in [1.82, 2.24) is 25.4 Å². The van der Waals surface area contributed by atoms with Gasteiger partial charge in [-0.1, -0.05) is 40.9 Å². The molecule has 0 radical (unpaired) electrons. The van der Waals surface area contributed by atoms with Crippen LogP contribution in [-0.4, -0.2) is 33.8 Å². The standard InChI is InChI=1S/C19H27BrN6.HI/c1-3-21-18(22-12-17-25-24-14-26(17)2)23-13-19(10-4-5-11-19)15-6-8-16(20)9-7-15;/h6-9,14H,3-5,10-13H2,1-2H3,(H2,21,22,23);1H. The van der Waals surface area contributed by atoms with Crippen LogP contribution in [0.3, 0.4) is 0 Å². The van der Waals surface area contributed by atoms with Crippen LogP contribution in [0, 0.1) is 0 Å². The Morgan fingerprint density at radius 2 is 1.93 bits per heavy atom. The zero-order valence-electron chi connectivity index (χ0n) is 15.9. The third kappa shape index (κ3) is 5.66. The van der Waals surface area contributed by atoms with E-state index in [2.05, 4.69) is 72.9 Å². The van der Waals surface area contributed by atoms with Gasteiger partial charge in [-0.15, -0.1) is 34.2 Å². The van der Waals surface area contributed by atoms with E-state index in [4.69, 9.17) is 0 Å². The molecule has 0 aliphatic heterocycles. The summed E-state index contributed by atoms with van der Waals surface area (Å²) in [6.07, 6.45) is 6.69. The number of rotatable bonds is 6. The number of nitrogens with zero attached hydrogens (tertiary/aromatic N) is 4. The largest absolute Gasteiger partial charge is 0.357 e. The lowest BCUT2D eigenvalue weighted by molar-refractivity contribution is 0.431. The average Bonchev–Trinajstić information content (AvgIpc) is 3.28. The quantitative estimate of drug-likeness (QED) is 0.329. The van der Waals surface area contributed by atoms with E-state index in [0.29, 0.717) is 6.54 Å². The zero-order valence-corrected chi connectivity index (χ0v) is 19.8. The van der Waals surface area contributed by atoms with Crippen LogP contribution in [0.5, 0.6) is 0 Å². The summed E-state index contributed by atoms with van der Waals surface area (Å²) >= 11 is 3.54. The van der Waals surface area contributed by atoms with Crippen LogP contribution in [0.1, 0.15) is 44.0 Å². The Morgan fingerprint density at radius 1 is 1.22 bits per heavy atom. The first-order chi connectivity index (χ1) is 12.6. The maximum Gasteiger partial charge on any atom is 0.191 e. The summed E-state index contributed by atoms with van der Waals surface area (Å²) in [6, 6.07) is 8.78. The van der Waals surface area contributed by atoms with Gasteiger partial charge in [0.2, 0.25) is 0 Å². The van der Waals surface area contributed by atoms with Crippen LogP contribution in [0.25, 0.3) is 0 Å². The van der Waals surface area contributed by atoms with Crippen molar-refractivity contribution in [2.45, 2.75) is 44.6 Å². The molecule has 1 aliphatic rings. The Balaban J connectivity index is 0.00000261. The molecule has 0 spiro atoms. The Kier molecular flexibility index (Phi) is 8.53. The Bertz CT molecular complexity index is 737. The lowest BCUT2D eigenvalue weighted by Crippen LogP contribution is -2.44. The fraction of sp³-hybridized carbons (Fsp3) is 0.526. The lowest BCUT2D eigenvalue weighted by Gasteiger charge is -2.31. The summed E-state index contributed by atoms with van der Waals surface area (Å²) in [5, 5.41) is 14.9. The average molecular weight is 547 g/mol. The van der Waals surface area contributed by atoms with Crippen LogP contribution < -0.4 is 10.6 Å². The van der Waals surface area contributed by atoms with Crippen molar-refractivity contribution in [1.29, 1.82) is 0 Å². The van der Waals surface area contributed by atoms with Crippen molar-refractivity contribution < 1.29 is 0 Å². The third-order valence-corrected chi connectivity index (χ3v) is 5.67. The van der Waals surface area contributed by atoms with E-state index >= 15 is 0 Å². The molecule has 0 bridgehead atoms. The highest BCUT2D eigenvalue weighted by Crippen LogP contribution is 2.40. The van der Waals surface area contributed by atoms with Crippen molar-refractivity contribution in [2.75, 3.05) is 13.1 Å². The monoisotopic (exact) mass is 546 g/mol. The molecule has 0 saturated heterocycles. The number of aliphatic imine (C=N–C) groups is 1. The number of hydrogen-bond donors (Lipinski definition) is 2. The van der Waals surface area contributed by atoms with Crippen molar-refractivity contribution >= 4 is 45.9 Å². The molecule has 1 fully saturated rings. The number of aryl methyl sites for hydroxylation is 1. The molecular weight excluding hydrogens is 519 g/mol. The SMILES string of the molecule is CCNC(=NCc1nncn1C)NCC1(c2ccc(Br)cc2)CCCC1.I. The molecule has 1 heterocycles. The van der Waals surface area contributed by atoms with E-state index in [1.54, 1.807) is 6.33 Å². The van der Waals surface area contributed by atoms with Crippen LogP contribution in [0.2, 0.25) is 0 Å². The first-order valence-corrected chi connectivity index (χ1v) is 10.0. The van der Waals surface area contributed by atoms with Gasteiger partial charge in [-0.05, 0) is 37.5 Å². The van der Waals surface area contributed by atoms with E-state index in [9.17, 15) is 0 Å². The number of guanidine groups is 1. The zero-order chi connectivity index (χ0) is 18.4. The molecule has 8 heteroatoms. The number of aromatic nitrogens is 3. The van der Waals surface area contributed by atoms with E-state index in [-0.39, 0.29) is 29.4 Å². The number of halogens is 2. The fourth-order valence-electron chi connectivity index (χ4n) is 3.62. The second-order valence-corrected chi connectivity index (χ2v) is 7.82. The molecular formula is C19H28BrIN6. The van der Waals surface area contributed by atoms with Gasteiger partial charge >= 0.3 is 0 Å². The summed E-state index contributed by atoms with van der Waals surface area (Å²) in [7, 11) is 1.94. The maximum atomic E-state index is 4.68. The molecule has 0 amide bonds. The number of hydrogen-bond acceptors (Lipinski definition) is 3. The van der Waals surface area contributed by atoms with Gasteiger partial charge in [0.15, 0.2) is 11.8 Å². The second-order valence-electron chi connectivity index (χ2n) is 6.90. The van der Waals surface area contributed by atoms with Gasteiger partial charge < -0.3 is 15.2 Å².